The summed E-state index contributed by atoms with van der Waals surface area (Å²) in [7, 11) is 1.40. The molecule has 3 aliphatic rings. The Morgan fingerprint density at radius 1 is 0.946 bits per heavy atom. The highest BCUT2D eigenvalue weighted by Gasteiger charge is 2.40. The second-order valence-electron chi connectivity index (χ2n) is 10.4. The predicted molar refractivity (Wildman–Crippen MR) is 138 cm³/mol. The first kappa shape index (κ1) is 23.6. The summed E-state index contributed by atoms with van der Waals surface area (Å²) in [5.74, 6) is 2.86. The van der Waals surface area contributed by atoms with E-state index in [1.54, 1.807) is 0 Å². The highest BCUT2D eigenvalue weighted by Crippen LogP contribution is 2.44. The van der Waals surface area contributed by atoms with Gasteiger partial charge in [-0.05, 0) is 77.3 Å². The molecule has 192 valence electrons. The van der Waals surface area contributed by atoms with Crippen LogP contribution in [0.1, 0.15) is 49.1 Å². The van der Waals surface area contributed by atoms with Crippen molar-refractivity contribution in [3.8, 4) is 17.2 Å². The number of esters is 1. The maximum atomic E-state index is 12.5. The lowest BCUT2D eigenvalue weighted by Gasteiger charge is -2.22. The predicted octanol–water partition coefficient (Wildman–Crippen LogP) is 4.95. The zero-order valence-corrected chi connectivity index (χ0v) is 20.9. The molecule has 0 aromatic heterocycles. The summed E-state index contributed by atoms with van der Waals surface area (Å²) in [6.45, 7) is 0.195. The van der Waals surface area contributed by atoms with E-state index >= 15 is 0 Å². The van der Waals surface area contributed by atoms with E-state index in [0.717, 1.165) is 34.2 Å². The average Bonchev–Trinajstić information content (AvgIpc) is 3.67. The van der Waals surface area contributed by atoms with Crippen LogP contribution in [0.15, 0.2) is 54.6 Å². The Balaban J connectivity index is 1.20. The van der Waals surface area contributed by atoms with Crippen molar-refractivity contribution >= 4 is 22.6 Å². The maximum Gasteiger partial charge on any atom is 0.306 e. The zero-order chi connectivity index (χ0) is 25.4. The van der Waals surface area contributed by atoms with Crippen LogP contribution < -0.4 is 19.5 Å². The van der Waals surface area contributed by atoms with E-state index in [1.165, 1.54) is 26.4 Å². The van der Waals surface area contributed by atoms with Gasteiger partial charge in [0.25, 0.3) is 5.91 Å². The number of carbonyl (C=O) groups is 2. The molecule has 1 N–H and O–H groups in total. The molecule has 7 heteroatoms. The zero-order valence-electron chi connectivity index (χ0n) is 20.9. The monoisotopic (exact) mass is 501 g/mol. The van der Waals surface area contributed by atoms with Crippen molar-refractivity contribution in [2.45, 2.75) is 44.1 Å². The van der Waals surface area contributed by atoms with Gasteiger partial charge >= 0.3 is 5.97 Å². The number of methoxy groups -OCH3 is 1. The van der Waals surface area contributed by atoms with Gasteiger partial charge in [-0.2, -0.15) is 0 Å². The molecule has 2 bridgehead atoms. The maximum absolute atomic E-state index is 12.5. The average molecular weight is 502 g/mol. The molecule has 7 nitrogen and oxygen atoms in total. The van der Waals surface area contributed by atoms with Crippen LogP contribution in [0.2, 0.25) is 0 Å². The minimum atomic E-state index is -0.290. The first-order valence-corrected chi connectivity index (χ1v) is 13.0. The van der Waals surface area contributed by atoms with E-state index in [-0.39, 0.29) is 37.6 Å². The molecule has 1 unspecified atom stereocenters. The summed E-state index contributed by atoms with van der Waals surface area (Å²) in [6.07, 6.45) is 5.09. The summed E-state index contributed by atoms with van der Waals surface area (Å²) in [4.78, 5) is 24.8. The molecule has 3 aromatic carbocycles. The number of nitrogens with one attached hydrogen (secondary N) is 1. The van der Waals surface area contributed by atoms with Crippen molar-refractivity contribution in [2.75, 3.05) is 20.5 Å². The smallest absolute Gasteiger partial charge is 0.306 e. The molecule has 3 aromatic rings. The van der Waals surface area contributed by atoms with Crippen LogP contribution in [0.3, 0.4) is 0 Å². The fraction of sp³-hybridized carbons (Fsp3) is 0.400. The molecule has 4 atom stereocenters. The third-order valence-corrected chi connectivity index (χ3v) is 8.09. The summed E-state index contributed by atoms with van der Waals surface area (Å²) in [5.41, 5.74) is 1.92. The van der Waals surface area contributed by atoms with Crippen molar-refractivity contribution in [1.29, 1.82) is 0 Å². The molecule has 0 radical (unpaired) electrons. The fourth-order valence-corrected chi connectivity index (χ4v) is 6.18. The van der Waals surface area contributed by atoms with Crippen LogP contribution in [0.4, 0.5) is 0 Å². The first-order chi connectivity index (χ1) is 18.1. The Morgan fingerprint density at radius 3 is 2.57 bits per heavy atom. The van der Waals surface area contributed by atoms with Gasteiger partial charge in [0.15, 0.2) is 18.1 Å². The quantitative estimate of drug-likeness (QED) is 0.440. The van der Waals surface area contributed by atoms with Crippen LogP contribution in [-0.2, 0) is 14.3 Å². The molecule has 0 saturated heterocycles. The summed E-state index contributed by atoms with van der Waals surface area (Å²) >= 11 is 0. The van der Waals surface area contributed by atoms with Crippen molar-refractivity contribution in [3.05, 3.63) is 65.7 Å². The molecule has 1 aliphatic heterocycles. The Hall–Kier alpha value is -3.74. The number of benzene rings is 3. The Kier molecular flexibility index (Phi) is 6.37. The second kappa shape index (κ2) is 9.96. The van der Waals surface area contributed by atoms with Crippen LogP contribution in [0.5, 0.6) is 17.2 Å². The number of ether oxygens (including phenoxy) is 4. The highest BCUT2D eigenvalue weighted by molar-refractivity contribution is 5.85. The van der Waals surface area contributed by atoms with Crippen molar-refractivity contribution in [2.24, 2.45) is 11.8 Å². The summed E-state index contributed by atoms with van der Waals surface area (Å²) in [5, 5.41) is 5.19. The largest absolute Gasteiger partial charge is 0.484 e. The minimum absolute atomic E-state index is 0.00124. The summed E-state index contributed by atoms with van der Waals surface area (Å²) in [6, 6.07) is 18.0. The van der Waals surface area contributed by atoms with Crippen LogP contribution in [0.25, 0.3) is 10.8 Å². The number of rotatable bonds is 8. The molecular formula is C30H31NO6. The van der Waals surface area contributed by atoms with Crippen molar-refractivity contribution in [3.63, 3.8) is 0 Å². The van der Waals surface area contributed by atoms with Crippen LogP contribution in [-0.4, -0.2) is 38.4 Å². The molecule has 37 heavy (non-hydrogen) atoms. The van der Waals surface area contributed by atoms with E-state index in [2.05, 4.69) is 11.4 Å². The van der Waals surface area contributed by atoms with E-state index in [9.17, 15) is 9.59 Å². The van der Waals surface area contributed by atoms with Gasteiger partial charge in [0.2, 0.25) is 6.79 Å². The number of fused-ring (bicyclic) bond motifs is 4. The van der Waals surface area contributed by atoms with Crippen molar-refractivity contribution < 1.29 is 28.5 Å². The van der Waals surface area contributed by atoms with E-state index in [1.807, 2.05) is 48.5 Å². The second-order valence-corrected chi connectivity index (χ2v) is 10.4. The van der Waals surface area contributed by atoms with Crippen LogP contribution in [0, 0.1) is 11.8 Å². The lowest BCUT2D eigenvalue weighted by atomic mass is 9.87. The normalized spacial score (nSPS) is 22.1. The van der Waals surface area contributed by atoms with Crippen LogP contribution >= 0.6 is 0 Å². The number of hydrogen-bond acceptors (Lipinski definition) is 6. The van der Waals surface area contributed by atoms with Crippen molar-refractivity contribution in [1.82, 2.24) is 5.32 Å². The lowest BCUT2D eigenvalue weighted by Crippen LogP contribution is -2.40. The Bertz CT molecular complexity index is 1340. The third-order valence-electron chi connectivity index (χ3n) is 8.09. The van der Waals surface area contributed by atoms with E-state index < -0.39 is 0 Å². The van der Waals surface area contributed by atoms with Gasteiger partial charge in [0, 0.05) is 12.0 Å². The summed E-state index contributed by atoms with van der Waals surface area (Å²) < 4.78 is 21.9. The molecule has 2 saturated carbocycles. The topological polar surface area (TPSA) is 83.1 Å². The Labute approximate surface area is 216 Å². The molecule has 2 aliphatic carbocycles. The first-order valence-electron chi connectivity index (χ1n) is 13.0. The lowest BCUT2D eigenvalue weighted by molar-refractivity contribution is -0.140. The van der Waals surface area contributed by atoms with Gasteiger partial charge < -0.3 is 24.3 Å². The minimum Gasteiger partial charge on any atom is -0.484 e. The van der Waals surface area contributed by atoms with E-state index in [0.29, 0.717) is 29.2 Å². The van der Waals surface area contributed by atoms with Gasteiger partial charge in [0.05, 0.1) is 13.5 Å². The number of amides is 1. The molecule has 2 fully saturated rings. The Morgan fingerprint density at radius 2 is 1.76 bits per heavy atom. The molecular weight excluding hydrogens is 470 g/mol. The van der Waals surface area contributed by atoms with Gasteiger partial charge in [-0.25, -0.2) is 0 Å². The SMILES string of the molecule is COC(=O)CC(c1ccc2c(c1)OCO2)c1ccc2ccc(OCC(=O)N[C@@H]3C[C@@H]4CC[C@H]3C4)cc2c1. The van der Waals surface area contributed by atoms with E-state index in [4.69, 9.17) is 18.9 Å². The van der Waals surface area contributed by atoms with Gasteiger partial charge in [-0.3, -0.25) is 9.59 Å². The standard InChI is InChI=1S/C30H31NO6/c1-34-30(33)15-25(21-7-9-27-28(14-21)37-17-36-27)20-5-4-19-6-8-24(13-23(19)12-20)35-16-29(32)31-26-11-18-2-3-22(26)10-18/h4-9,12-14,18,22,25-26H,2-3,10-11,15-17H2,1H3,(H,31,32)/t18-,22+,25?,26-/m1/s1. The fourth-order valence-electron chi connectivity index (χ4n) is 6.18. The van der Waals surface area contributed by atoms with Gasteiger partial charge in [-0.1, -0.05) is 36.8 Å². The van der Waals surface area contributed by atoms with Gasteiger partial charge in [0.1, 0.15) is 5.75 Å². The highest BCUT2D eigenvalue weighted by atomic mass is 16.7. The molecule has 6 rings (SSSR count). The molecule has 0 spiro atoms. The molecule has 1 amide bonds. The number of hydrogen-bond donors (Lipinski definition) is 1. The van der Waals surface area contributed by atoms with Gasteiger partial charge in [-0.15, -0.1) is 0 Å². The number of carbonyl (C=O) groups excluding carboxylic acids is 2. The molecule has 1 heterocycles. The third kappa shape index (κ3) is 4.95.